The zero-order chi connectivity index (χ0) is 20.4. The van der Waals surface area contributed by atoms with Gasteiger partial charge in [-0.3, -0.25) is 25.8 Å². The number of rotatable bonds is 6. The lowest BCUT2D eigenvalue weighted by Crippen LogP contribution is -2.48. The maximum absolute atomic E-state index is 12.3. The maximum Gasteiger partial charge on any atom is 0.273 e. The molecule has 0 fully saturated rings. The Kier molecular flexibility index (Phi) is 8.20. The summed E-state index contributed by atoms with van der Waals surface area (Å²) in [6.07, 6.45) is 4.51. The third-order valence-corrected chi connectivity index (χ3v) is 3.77. The quantitative estimate of drug-likeness (QED) is 0.292. The predicted molar refractivity (Wildman–Crippen MR) is 114 cm³/mol. The second-order valence-corrected chi connectivity index (χ2v) is 6.22. The summed E-state index contributed by atoms with van der Waals surface area (Å²) in [5.74, 6) is -0.507. The first-order valence-electron chi connectivity index (χ1n) is 8.17. The Balaban J connectivity index is 1.85. The molecule has 0 spiro atoms. The number of amides is 2. The van der Waals surface area contributed by atoms with Crippen LogP contribution in [0.5, 0.6) is 5.75 Å². The molecule has 0 radical (unpaired) electrons. The summed E-state index contributed by atoms with van der Waals surface area (Å²) in [4.78, 5) is 24.2. The molecule has 8 heteroatoms. The van der Waals surface area contributed by atoms with Crippen molar-refractivity contribution in [2.45, 2.75) is 0 Å². The van der Waals surface area contributed by atoms with Gasteiger partial charge in [-0.1, -0.05) is 48.5 Å². The van der Waals surface area contributed by atoms with Gasteiger partial charge in [0, 0.05) is 11.1 Å². The van der Waals surface area contributed by atoms with Crippen LogP contribution < -0.4 is 20.9 Å². The van der Waals surface area contributed by atoms with Crippen molar-refractivity contribution in [1.82, 2.24) is 16.2 Å². The lowest BCUT2D eigenvalue weighted by Gasteiger charge is -2.12. The van der Waals surface area contributed by atoms with Crippen molar-refractivity contribution < 1.29 is 14.3 Å². The van der Waals surface area contributed by atoms with Gasteiger partial charge in [-0.25, -0.2) is 0 Å². The molecule has 0 unspecified atom stereocenters. The van der Waals surface area contributed by atoms with Gasteiger partial charge in [0.15, 0.2) is 5.11 Å². The van der Waals surface area contributed by atoms with Gasteiger partial charge in [0.25, 0.3) is 5.91 Å². The van der Waals surface area contributed by atoms with Crippen LogP contribution in [0, 0.1) is 0 Å². The lowest BCUT2D eigenvalue weighted by atomic mass is 10.2. The summed E-state index contributed by atoms with van der Waals surface area (Å²) in [7, 11) is 0. The van der Waals surface area contributed by atoms with E-state index in [2.05, 4.69) is 22.7 Å². The minimum atomic E-state index is -0.465. The van der Waals surface area contributed by atoms with Crippen LogP contribution in [0.3, 0.4) is 0 Å². The Morgan fingerprint density at radius 2 is 1.82 bits per heavy atom. The van der Waals surface area contributed by atoms with Crippen molar-refractivity contribution >= 4 is 46.8 Å². The topological polar surface area (TPSA) is 79.5 Å². The molecule has 144 valence electrons. The summed E-state index contributed by atoms with van der Waals surface area (Å²) in [6, 6.07) is 13.7. The number of thiocarbonyl (C=S) groups is 1. The number of hydrogen-bond donors (Lipinski definition) is 3. The summed E-state index contributed by atoms with van der Waals surface area (Å²) in [5, 5.41) is 2.98. The molecule has 0 bridgehead atoms. The van der Waals surface area contributed by atoms with Crippen LogP contribution in [0.4, 0.5) is 0 Å². The van der Waals surface area contributed by atoms with Gasteiger partial charge >= 0.3 is 0 Å². The summed E-state index contributed by atoms with van der Waals surface area (Å²) >= 11 is 10.8. The van der Waals surface area contributed by atoms with Crippen LogP contribution in [-0.2, 0) is 4.79 Å². The number of carbonyl (C=O) groups is 2. The van der Waals surface area contributed by atoms with Gasteiger partial charge in [0.1, 0.15) is 12.4 Å². The molecular formula is C20H18ClN3O3S. The number of halogens is 1. The van der Waals surface area contributed by atoms with Crippen LogP contribution in [-0.4, -0.2) is 23.5 Å². The van der Waals surface area contributed by atoms with Gasteiger partial charge in [-0.05, 0) is 48.1 Å². The molecule has 0 aromatic heterocycles. The van der Waals surface area contributed by atoms with Crippen molar-refractivity contribution in [3.05, 3.63) is 83.4 Å². The largest absolute Gasteiger partial charge is 0.489 e. The number of para-hydroxylation sites is 1. The van der Waals surface area contributed by atoms with Crippen molar-refractivity contribution in [1.29, 1.82) is 0 Å². The number of ether oxygens (including phenoxy) is 1. The normalized spacial score (nSPS) is 10.2. The van der Waals surface area contributed by atoms with Crippen LogP contribution in [0.25, 0.3) is 6.08 Å². The fourth-order valence-electron chi connectivity index (χ4n) is 2.04. The number of nitrogens with one attached hydrogen (secondary N) is 3. The number of carbonyl (C=O) groups excluding carboxylic acids is 2. The van der Waals surface area contributed by atoms with E-state index in [9.17, 15) is 9.59 Å². The number of benzene rings is 2. The number of hydrazine groups is 1. The third-order valence-electron chi connectivity index (χ3n) is 3.31. The smallest absolute Gasteiger partial charge is 0.273 e. The zero-order valence-electron chi connectivity index (χ0n) is 14.8. The molecule has 2 aromatic carbocycles. The molecule has 2 amide bonds. The van der Waals surface area contributed by atoms with Gasteiger partial charge in [0.2, 0.25) is 5.91 Å². The van der Waals surface area contributed by atoms with E-state index in [0.717, 1.165) is 5.56 Å². The van der Waals surface area contributed by atoms with Crippen molar-refractivity contribution in [3.8, 4) is 5.75 Å². The molecule has 0 atom stereocenters. The summed E-state index contributed by atoms with van der Waals surface area (Å²) < 4.78 is 5.43. The molecule has 0 aliphatic rings. The highest BCUT2D eigenvalue weighted by atomic mass is 35.5. The van der Waals surface area contributed by atoms with Crippen LogP contribution in [0.1, 0.15) is 15.9 Å². The van der Waals surface area contributed by atoms with Gasteiger partial charge in [-0.2, -0.15) is 0 Å². The van der Waals surface area contributed by atoms with E-state index in [1.807, 2.05) is 0 Å². The van der Waals surface area contributed by atoms with Gasteiger partial charge in [-0.15, -0.1) is 0 Å². The standard InChI is InChI=1S/C20H18ClN3O3S/c1-2-13-27-17-6-4-3-5-16(17)19(26)23-24-20(28)22-18(25)12-9-14-7-10-15(21)11-8-14/h2-12H,1,13H2,(H,23,26)(H2,22,24,25,28)/b12-9+. The Morgan fingerprint density at radius 1 is 1.11 bits per heavy atom. The highest BCUT2D eigenvalue weighted by Gasteiger charge is 2.12. The molecule has 28 heavy (non-hydrogen) atoms. The molecule has 0 heterocycles. The van der Waals surface area contributed by atoms with E-state index >= 15 is 0 Å². The van der Waals surface area contributed by atoms with E-state index in [1.165, 1.54) is 6.08 Å². The second kappa shape index (κ2) is 10.9. The highest BCUT2D eigenvalue weighted by Crippen LogP contribution is 2.17. The highest BCUT2D eigenvalue weighted by molar-refractivity contribution is 7.80. The van der Waals surface area contributed by atoms with E-state index in [1.54, 1.807) is 60.7 Å². The molecule has 0 saturated heterocycles. The Hall–Kier alpha value is -3.16. The molecular weight excluding hydrogens is 398 g/mol. The summed E-state index contributed by atoms with van der Waals surface area (Å²) in [6.45, 7) is 3.84. The van der Waals surface area contributed by atoms with Gasteiger partial charge < -0.3 is 4.74 Å². The lowest BCUT2D eigenvalue weighted by molar-refractivity contribution is -0.115. The van der Waals surface area contributed by atoms with Crippen molar-refractivity contribution in [2.75, 3.05) is 6.61 Å². The Labute approximate surface area is 173 Å². The van der Waals surface area contributed by atoms with Crippen LogP contribution in [0.15, 0.2) is 67.3 Å². The monoisotopic (exact) mass is 415 g/mol. The molecule has 2 aromatic rings. The second-order valence-electron chi connectivity index (χ2n) is 5.38. The van der Waals surface area contributed by atoms with E-state index in [4.69, 9.17) is 28.6 Å². The average molecular weight is 416 g/mol. The minimum Gasteiger partial charge on any atom is -0.489 e. The minimum absolute atomic E-state index is 0.0522. The van der Waals surface area contributed by atoms with Gasteiger partial charge in [0.05, 0.1) is 5.56 Å². The summed E-state index contributed by atoms with van der Waals surface area (Å²) in [5.41, 5.74) is 6.01. The first-order valence-corrected chi connectivity index (χ1v) is 8.96. The molecule has 3 N–H and O–H groups in total. The maximum atomic E-state index is 12.3. The van der Waals surface area contributed by atoms with Crippen LogP contribution in [0.2, 0.25) is 5.02 Å². The molecule has 2 rings (SSSR count). The molecule has 6 nitrogen and oxygen atoms in total. The zero-order valence-corrected chi connectivity index (χ0v) is 16.3. The first-order chi connectivity index (χ1) is 13.5. The average Bonchev–Trinajstić information content (AvgIpc) is 2.70. The van der Waals surface area contributed by atoms with Crippen molar-refractivity contribution in [3.63, 3.8) is 0 Å². The number of hydrogen-bond acceptors (Lipinski definition) is 4. The Morgan fingerprint density at radius 3 is 2.54 bits per heavy atom. The van der Waals surface area contributed by atoms with E-state index in [-0.39, 0.29) is 11.7 Å². The molecule has 0 aliphatic heterocycles. The first kappa shape index (κ1) is 21.1. The predicted octanol–water partition coefficient (Wildman–Crippen LogP) is 3.25. The molecule has 0 aliphatic carbocycles. The van der Waals surface area contributed by atoms with E-state index in [0.29, 0.717) is 16.3 Å². The van der Waals surface area contributed by atoms with Crippen LogP contribution >= 0.6 is 23.8 Å². The van der Waals surface area contributed by atoms with Crippen molar-refractivity contribution in [2.24, 2.45) is 0 Å². The molecule has 0 saturated carbocycles. The fourth-order valence-corrected chi connectivity index (χ4v) is 2.32. The third kappa shape index (κ3) is 6.86. The van der Waals surface area contributed by atoms with E-state index < -0.39 is 11.8 Å². The SMILES string of the molecule is C=CCOc1ccccc1C(=O)NNC(=S)NC(=O)/C=C/c1ccc(Cl)cc1. The Bertz CT molecular complexity index is 898. The fraction of sp³-hybridized carbons (Fsp3) is 0.0500.